The molecule has 1 aromatic carbocycles. The first-order chi connectivity index (χ1) is 13.8. The maximum absolute atomic E-state index is 5.21. The van der Waals surface area contributed by atoms with Gasteiger partial charge in [-0.1, -0.05) is 38.8 Å². The summed E-state index contributed by atoms with van der Waals surface area (Å²) in [7, 11) is 1.69. The van der Waals surface area contributed by atoms with Gasteiger partial charge in [-0.25, -0.2) is 0 Å². The van der Waals surface area contributed by atoms with Crippen molar-refractivity contribution in [3.63, 3.8) is 0 Å². The van der Waals surface area contributed by atoms with Gasteiger partial charge in [-0.15, -0.1) is 34.2 Å². The van der Waals surface area contributed by atoms with Gasteiger partial charge < -0.3 is 19.9 Å². The standard InChI is InChI=1S/C21H34N6O.HI/c1-4-6-7-13-22-21(24-15-16-27-17-25-26-20(27)5-2)23-14-12-18-8-10-19(28-3)11-9-18;/h8-11,17H,4-7,12-16H2,1-3H3,(H2,22,23,24);1H. The highest BCUT2D eigenvalue weighted by Crippen LogP contribution is 2.11. The van der Waals surface area contributed by atoms with Gasteiger partial charge >= 0.3 is 0 Å². The molecule has 7 nitrogen and oxygen atoms in total. The number of methoxy groups -OCH3 is 1. The number of unbranched alkanes of at least 4 members (excludes halogenated alkanes) is 2. The predicted molar refractivity (Wildman–Crippen MR) is 129 cm³/mol. The number of nitrogens with one attached hydrogen (secondary N) is 2. The first kappa shape index (κ1) is 25.2. The number of aromatic nitrogens is 3. The number of aliphatic imine (C=N–C) groups is 1. The zero-order valence-corrected chi connectivity index (χ0v) is 20.2. The monoisotopic (exact) mass is 514 g/mol. The second kappa shape index (κ2) is 15.1. The van der Waals surface area contributed by atoms with Gasteiger partial charge in [0.2, 0.25) is 0 Å². The Morgan fingerprint density at radius 3 is 2.55 bits per heavy atom. The molecule has 0 atom stereocenters. The fraction of sp³-hybridized carbons (Fsp3) is 0.571. The molecule has 2 N–H and O–H groups in total. The summed E-state index contributed by atoms with van der Waals surface area (Å²) in [6.07, 6.45) is 7.14. The summed E-state index contributed by atoms with van der Waals surface area (Å²) in [6, 6.07) is 8.20. The molecule has 0 aliphatic heterocycles. The zero-order valence-electron chi connectivity index (χ0n) is 17.9. The van der Waals surface area contributed by atoms with Gasteiger partial charge in [0.05, 0.1) is 7.11 Å². The molecule has 162 valence electrons. The molecule has 1 heterocycles. The van der Waals surface area contributed by atoms with E-state index in [4.69, 9.17) is 9.73 Å². The van der Waals surface area contributed by atoms with Crippen LogP contribution in [0.15, 0.2) is 35.6 Å². The summed E-state index contributed by atoms with van der Waals surface area (Å²) in [5.74, 6) is 2.77. The maximum Gasteiger partial charge on any atom is 0.191 e. The van der Waals surface area contributed by atoms with Crippen molar-refractivity contribution in [2.45, 2.75) is 52.5 Å². The number of halogens is 1. The molecule has 0 fully saturated rings. The van der Waals surface area contributed by atoms with Crippen LogP contribution in [0.1, 0.15) is 44.5 Å². The molecule has 2 aromatic rings. The van der Waals surface area contributed by atoms with E-state index in [2.05, 4.69) is 51.4 Å². The van der Waals surface area contributed by atoms with Gasteiger partial charge in [0.1, 0.15) is 17.9 Å². The first-order valence-electron chi connectivity index (χ1n) is 10.3. The Labute approximate surface area is 191 Å². The predicted octanol–water partition coefficient (Wildman–Crippen LogP) is 3.44. The van der Waals surface area contributed by atoms with Gasteiger partial charge in [-0.2, -0.15) is 0 Å². The van der Waals surface area contributed by atoms with Gasteiger partial charge in [0.25, 0.3) is 0 Å². The van der Waals surface area contributed by atoms with Crippen LogP contribution in [0.5, 0.6) is 5.75 Å². The summed E-state index contributed by atoms with van der Waals surface area (Å²) in [5, 5.41) is 15.0. The third-order valence-corrected chi connectivity index (χ3v) is 4.55. The molecular weight excluding hydrogens is 479 g/mol. The second-order valence-electron chi connectivity index (χ2n) is 6.68. The Kier molecular flexibility index (Phi) is 13.1. The maximum atomic E-state index is 5.21. The average molecular weight is 514 g/mol. The van der Waals surface area contributed by atoms with Crippen molar-refractivity contribution in [2.24, 2.45) is 4.99 Å². The molecule has 0 aliphatic rings. The fourth-order valence-corrected chi connectivity index (χ4v) is 2.88. The minimum atomic E-state index is 0. The Bertz CT molecular complexity index is 701. The van der Waals surface area contributed by atoms with E-state index >= 15 is 0 Å². The molecular formula is C21H35IN6O. The summed E-state index contributed by atoms with van der Waals surface area (Å²) < 4.78 is 7.29. The molecule has 2 rings (SSSR count). The number of hydrogen-bond acceptors (Lipinski definition) is 4. The quantitative estimate of drug-likeness (QED) is 0.197. The smallest absolute Gasteiger partial charge is 0.191 e. The average Bonchev–Trinajstić information content (AvgIpc) is 3.18. The SMILES string of the molecule is CCCCCN=C(NCCc1ccc(OC)cc1)NCCn1cnnc1CC.I. The van der Waals surface area contributed by atoms with E-state index in [1.54, 1.807) is 13.4 Å². The van der Waals surface area contributed by atoms with E-state index < -0.39 is 0 Å². The number of guanidine groups is 1. The van der Waals surface area contributed by atoms with Gasteiger partial charge in [0.15, 0.2) is 5.96 Å². The topological polar surface area (TPSA) is 76.4 Å². The van der Waals surface area contributed by atoms with Crippen molar-refractivity contribution in [3.05, 3.63) is 42.0 Å². The van der Waals surface area contributed by atoms with Crippen LogP contribution in [0, 0.1) is 0 Å². The van der Waals surface area contributed by atoms with Crippen molar-refractivity contribution in [1.29, 1.82) is 0 Å². The molecule has 0 saturated carbocycles. The summed E-state index contributed by atoms with van der Waals surface area (Å²) in [5.41, 5.74) is 1.27. The lowest BCUT2D eigenvalue weighted by molar-refractivity contribution is 0.414. The van der Waals surface area contributed by atoms with Crippen LogP contribution < -0.4 is 15.4 Å². The van der Waals surface area contributed by atoms with Crippen molar-refractivity contribution >= 4 is 29.9 Å². The van der Waals surface area contributed by atoms with Gasteiger partial charge in [-0.3, -0.25) is 4.99 Å². The van der Waals surface area contributed by atoms with Crippen LogP contribution in [0.2, 0.25) is 0 Å². The minimum Gasteiger partial charge on any atom is -0.497 e. The van der Waals surface area contributed by atoms with E-state index in [0.29, 0.717) is 0 Å². The lowest BCUT2D eigenvalue weighted by atomic mass is 10.1. The second-order valence-corrected chi connectivity index (χ2v) is 6.68. The van der Waals surface area contributed by atoms with Crippen molar-refractivity contribution in [1.82, 2.24) is 25.4 Å². The minimum absolute atomic E-state index is 0. The van der Waals surface area contributed by atoms with Crippen LogP contribution in [0.4, 0.5) is 0 Å². The van der Waals surface area contributed by atoms with Crippen molar-refractivity contribution < 1.29 is 4.74 Å². The lowest BCUT2D eigenvalue weighted by Crippen LogP contribution is -2.40. The highest BCUT2D eigenvalue weighted by atomic mass is 127. The highest BCUT2D eigenvalue weighted by Gasteiger charge is 2.03. The fourth-order valence-electron chi connectivity index (χ4n) is 2.88. The summed E-state index contributed by atoms with van der Waals surface area (Å²) in [4.78, 5) is 4.72. The van der Waals surface area contributed by atoms with Crippen LogP contribution in [-0.4, -0.2) is 47.5 Å². The summed E-state index contributed by atoms with van der Waals surface area (Å²) in [6.45, 7) is 7.59. The number of benzene rings is 1. The van der Waals surface area contributed by atoms with Crippen molar-refractivity contribution in [3.8, 4) is 5.75 Å². The molecule has 0 aliphatic carbocycles. The van der Waals surface area contributed by atoms with Crippen LogP contribution in [0.25, 0.3) is 0 Å². The van der Waals surface area contributed by atoms with E-state index in [9.17, 15) is 0 Å². The largest absolute Gasteiger partial charge is 0.497 e. The normalized spacial score (nSPS) is 11.1. The Balaban J connectivity index is 0.00000420. The van der Waals surface area contributed by atoms with Crippen LogP contribution >= 0.6 is 24.0 Å². The van der Waals surface area contributed by atoms with Crippen LogP contribution in [0.3, 0.4) is 0 Å². The Morgan fingerprint density at radius 2 is 1.86 bits per heavy atom. The molecule has 0 radical (unpaired) electrons. The molecule has 1 aromatic heterocycles. The lowest BCUT2D eigenvalue weighted by Gasteiger charge is -2.14. The zero-order chi connectivity index (χ0) is 20.0. The van der Waals surface area contributed by atoms with Gasteiger partial charge in [0, 0.05) is 32.6 Å². The van der Waals surface area contributed by atoms with E-state index in [1.165, 1.54) is 18.4 Å². The third kappa shape index (κ3) is 9.47. The Hall–Kier alpha value is -1.84. The summed E-state index contributed by atoms with van der Waals surface area (Å²) >= 11 is 0. The third-order valence-electron chi connectivity index (χ3n) is 4.55. The number of nitrogens with zero attached hydrogens (tertiary/aromatic N) is 4. The number of aryl methyl sites for hydroxylation is 1. The molecule has 29 heavy (non-hydrogen) atoms. The van der Waals surface area contributed by atoms with E-state index in [0.717, 1.165) is 63.0 Å². The molecule has 0 saturated heterocycles. The highest BCUT2D eigenvalue weighted by molar-refractivity contribution is 14.0. The first-order valence-corrected chi connectivity index (χ1v) is 10.3. The van der Waals surface area contributed by atoms with Crippen LogP contribution in [-0.2, 0) is 19.4 Å². The molecule has 0 spiro atoms. The molecule has 8 heteroatoms. The number of ether oxygens (including phenoxy) is 1. The molecule has 0 amide bonds. The van der Waals surface area contributed by atoms with Gasteiger partial charge in [-0.05, 0) is 30.5 Å². The number of rotatable bonds is 12. The molecule has 0 bridgehead atoms. The Morgan fingerprint density at radius 1 is 1.10 bits per heavy atom. The van der Waals surface area contributed by atoms with Crippen molar-refractivity contribution in [2.75, 3.05) is 26.7 Å². The number of hydrogen-bond donors (Lipinski definition) is 2. The molecule has 0 unspecified atom stereocenters. The van der Waals surface area contributed by atoms with E-state index in [-0.39, 0.29) is 24.0 Å². The van der Waals surface area contributed by atoms with E-state index in [1.807, 2.05) is 12.1 Å².